The van der Waals surface area contributed by atoms with Crippen LogP contribution >= 0.6 is 0 Å². The van der Waals surface area contributed by atoms with Crippen LogP contribution in [0.3, 0.4) is 0 Å². The molecular weight excluding hydrogens is 338 g/mol. The van der Waals surface area contributed by atoms with Crippen molar-refractivity contribution in [1.82, 2.24) is 14.1 Å². The summed E-state index contributed by atoms with van der Waals surface area (Å²) in [6.45, 7) is 5.47. The second-order valence-corrected chi connectivity index (χ2v) is 9.08. The van der Waals surface area contributed by atoms with E-state index in [-0.39, 0.29) is 11.8 Å². The average Bonchev–Trinajstić information content (AvgIpc) is 2.61. The average molecular weight is 365 g/mol. The van der Waals surface area contributed by atoms with Gasteiger partial charge in [0.25, 0.3) is 0 Å². The van der Waals surface area contributed by atoms with Gasteiger partial charge < -0.3 is 9.80 Å². The standard InChI is InChI=1S/C18H27N3O3S/c1-15-5-7-17(8-6-15)25(23,24)21-12-10-20(11-13-21)18(22)16-4-3-9-19(2)14-16/h5-8,16H,3-4,9-14H2,1-2H3/t16-/m0/s1. The number of nitrogens with zero attached hydrogens (tertiary/aromatic N) is 3. The molecular formula is C18H27N3O3S. The highest BCUT2D eigenvalue weighted by atomic mass is 32.2. The van der Waals surface area contributed by atoms with E-state index in [2.05, 4.69) is 4.90 Å². The molecule has 0 aliphatic carbocycles. The summed E-state index contributed by atoms with van der Waals surface area (Å²) >= 11 is 0. The molecule has 0 unspecified atom stereocenters. The molecule has 2 aliphatic rings. The van der Waals surface area contributed by atoms with E-state index < -0.39 is 10.0 Å². The van der Waals surface area contributed by atoms with Crippen molar-refractivity contribution in [2.24, 2.45) is 5.92 Å². The van der Waals surface area contributed by atoms with Crippen LogP contribution in [0.25, 0.3) is 0 Å². The van der Waals surface area contributed by atoms with E-state index >= 15 is 0 Å². The maximum Gasteiger partial charge on any atom is 0.243 e. The lowest BCUT2D eigenvalue weighted by molar-refractivity contribution is -0.138. The van der Waals surface area contributed by atoms with Crippen molar-refractivity contribution in [2.45, 2.75) is 24.7 Å². The minimum Gasteiger partial charge on any atom is -0.340 e. The summed E-state index contributed by atoms with van der Waals surface area (Å²) < 4.78 is 27.0. The normalized spacial score (nSPS) is 23.6. The Kier molecular flexibility index (Phi) is 5.46. The monoisotopic (exact) mass is 365 g/mol. The molecule has 1 aromatic rings. The molecule has 2 saturated heterocycles. The number of carbonyl (C=O) groups excluding carboxylic acids is 1. The molecule has 6 nitrogen and oxygen atoms in total. The van der Waals surface area contributed by atoms with Crippen LogP contribution in [0.5, 0.6) is 0 Å². The topological polar surface area (TPSA) is 60.9 Å². The Hall–Kier alpha value is -1.44. The van der Waals surface area contributed by atoms with Gasteiger partial charge in [-0.15, -0.1) is 0 Å². The van der Waals surface area contributed by atoms with Crippen molar-refractivity contribution in [2.75, 3.05) is 46.3 Å². The number of rotatable bonds is 3. The zero-order chi connectivity index (χ0) is 18.0. The second kappa shape index (κ2) is 7.43. The summed E-state index contributed by atoms with van der Waals surface area (Å²) in [5.41, 5.74) is 1.03. The van der Waals surface area contributed by atoms with Gasteiger partial charge in [-0.2, -0.15) is 4.31 Å². The Morgan fingerprint density at radius 3 is 2.28 bits per heavy atom. The van der Waals surface area contributed by atoms with Crippen molar-refractivity contribution in [3.8, 4) is 0 Å². The Balaban J connectivity index is 1.61. The lowest BCUT2D eigenvalue weighted by Gasteiger charge is -2.37. The number of amides is 1. The smallest absolute Gasteiger partial charge is 0.243 e. The van der Waals surface area contributed by atoms with Gasteiger partial charge >= 0.3 is 0 Å². The lowest BCUT2D eigenvalue weighted by Crippen LogP contribution is -2.53. The second-order valence-electron chi connectivity index (χ2n) is 7.14. The van der Waals surface area contributed by atoms with Gasteiger partial charge in [-0.05, 0) is 45.5 Å². The highest BCUT2D eigenvalue weighted by Crippen LogP contribution is 2.21. The van der Waals surface area contributed by atoms with Crippen LogP contribution in [-0.2, 0) is 14.8 Å². The van der Waals surface area contributed by atoms with Gasteiger partial charge in [0.1, 0.15) is 0 Å². The molecule has 2 heterocycles. The van der Waals surface area contributed by atoms with E-state index in [9.17, 15) is 13.2 Å². The van der Waals surface area contributed by atoms with Gasteiger partial charge in [0.15, 0.2) is 0 Å². The fourth-order valence-electron chi connectivity index (χ4n) is 3.63. The summed E-state index contributed by atoms with van der Waals surface area (Å²) in [5, 5.41) is 0. The van der Waals surface area contributed by atoms with Crippen LogP contribution in [0.15, 0.2) is 29.2 Å². The zero-order valence-electron chi connectivity index (χ0n) is 15.0. The van der Waals surface area contributed by atoms with Crippen LogP contribution in [0.1, 0.15) is 18.4 Å². The van der Waals surface area contributed by atoms with Crippen LogP contribution in [-0.4, -0.2) is 74.7 Å². The summed E-state index contributed by atoms with van der Waals surface area (Å²) in [4.78, 5) is 17.1. The molecule has 0 saturated carbocycles. The van der Waals surface area contributed by atoms with E-state index in [1.54, 1.807) is 12.1 Å². The van der Waals surface area contributed by atoms with E-state index in [1.807, 2.05) is 31.0 Å². The molecule has 0 N–H and O–H groups in total. The minimum atomic E-state index is -3.47. The number of piperidine rings is 1. The van der Waals surface area contributed by atoms with Crippen LogP contribution in [0, 0.1) is 12.8 Å². The van der Waals surface area contributed by atoms with Gasteiger partial charge in [-0.1, -0.05) is 17.7 Å². The predicted molar refractivity (Wildman–Crippen MR) is 96.7 cm³/mol. The number of carbonyl (C=O) groups is 1. The van der Waals surface area contributed by atoms with Crippen molar-refractivity contribution in [3.05, 3.63) is 29.8 Å². The van der Waals surface area contributed by atoms with Crippen molar-refractivity contribution < 1.29 is 13.2 Å². The number of likely N-dealkylation sites (tertiary alicyclic amines) is 1. The predicted octanol–water partition coefficient (Wildman–Crippen LogP) is 1.17. The lowest BCUT2D eigenvalue weighted by atomic mass is 9.97. The highest BCUT2D eigenvalue weighted by Gasteiger charge is 2.33. The molecule has 0 radical (unpaired) electrons. The quantitative estimate of drug-likeness (QED) is 0.807. The number of sulfonamides is 1. The van der Waals surface area contributed by atoms with Gasteiger partial charge in [0, 0.05) is 32.7 Å². The Labute approximate surface area is 150 Å². The summed E-state index contributed by atoms with van der Waals surface area (Å²) in [6, 6.07) is 6.93. The first-order valence-electron chi connectivity index (χ1n) is 8.92. The van der Waals surface area contributed by atoms with E-state index in [1.165, 1.54) is 4.31 Å². The zero-order valence-corrected chi connectivity index (χ0v) is 15.8. The fourth-order valence-corrected chi connectivity index (χ4v) is 5.06. The number of piperazine rings is 1. The van der Waals surface area contributed by atoms with Gasteiger partial charge in [-0.3, -0.25) is 4.79 Å². The first-order chi connectivity index (χ1) is 11.9. The molecule has 138 valence electrons. The maximum absolute atomic E-state index is 12.7. The number of benzene rings is 1. The molecule has 1 aromatic carbocycles. The Bertz CT molecular complexity index is 710. The largest absolute Gasteiger partial charge is 0.340 e. The third kappa shape index (κ3) is 4.04. The molecule has 2 aliphatic heterocycles. The van der Waals surface area contributed by atoms with Crippen molar-refractivity contribution in [3.63, 3.8) is 0 Å². The van der Waals surface area contributed by atoms with Crippen LogP contribution in [0.4, 0.5) is 0 Å². The van der Waals surface area contributed by atoms with Gasteiger partial charge in [-0.25, -0.2) is 8.42 Å². The van der Waals surface area contributed by atoms with Crippen LogP contribution in [0.2, 0.25) is 0 Å². The summed E-state index contributed by atoms with van der Waals surface area (Å²) in [7, 11) is -1.43. The number of hydrogen-bond donors (Lipinski definition) is 0. The molecule has 2 fully saturated rings. The van der Waals surface area contributed by atoms with E-state index in [0.29, 0.717) is 31.1 Å². The first-order valence-corrected chi connectivity index (χ1v) is 10.4. The molecule has 7 heteroatoms. The Morgan fingerprint density at radius 1 is 1.04 bits per heavy atom. The molecule has 1 atom stereocenters. The molecule has 0 bridgehead atoms. The van der Waals surface area contributed by atoms with E-state index in [4.69, 9.17) is 0 Å². The van der Waals surface area contributed by atoms with Crippen molar-refractivity contribution in [1.29, 1.82) is 0 Å². The third-order valence-electron chi connectivity index (χ3n) is 5.18. The van der Waals surface area contributed by atoms with Gasteiger partial charge in [0.2, 0.25) is 15.9 Å². The third-order valence-corrected chi connectivity index (χ3v) is 7.10. The maximum atomic E-state index is 12.7. The SMILES string of the molecule is Cc1ccc(S(=O)(=O)N2CCN(C(=O)[C@H]3CCCN(C)C3)CC2)cc1. The van der Waals surface area contributed by atoms with E-state index in [0.717, 1.165) is 31.5 Å². The Morgan fingerprint density at radius 2 is 1.68 bits per heavy atom. The molecule has 25 heavy (non-hydrogen) atoms. The minimum absolute atomic E-state index is 0.0546. The molecule has 0 spiro atoms. The molecule has 3 rings (SSSR count). The molecule has 1 amide bonds. The highest BCUT2D eigenvalue weighted by molar-refractivity contribution is 7.89. The fraction of sp³-hybridized carbons (Fsp3) is 0.611. The molecule has 0 aromatic heterocycles. The van der Waals surface area contributed by atoms with Gasteiger partial charge in [0.05, 0.1) is 10.8 Å². The van der Waals surface area contributed by atoms with Crippen LogP contribution < -0.4 is 0 Å². The number of hydrogen-bond acceptors (Lipinski definition) is 4. The first kappa shape index (κ1) is 18.4. The summed E-state index contributed by atoms with van der Waals surface area (Å²) in [6.07, 6.45) is 1.99. The van der Waals surface area contributed by atoms with Crippen molar-refractivity contribution >= 4 is 15.9 Å². The number of aryl methyl sites for hydroxylation is 1. The summed E-state index contributed by atoms with van der Waals surface area (Å²) in [5.74, 6) is 0.234.